The highest BCUT2D eigenvalue weighted by Gasteiger charge is 2.12. The lowest BCUT2D eigenvalue weighted by Gasteiger charge is -2.13. The molecule has 3 nitrogen and oxygen atoms in total. The molecule has 0 amide bonds. The molecule has 0 radical (unpaired) electrons. The molecule has 0 fully saturated rings. The molecule has 2 heterocycles. The quantitative estimate of drug-likeness (QED) is 0.719. The molecule has 3 aromatic rings. The van der Waals surface area contributed by atoms with Crippen LogP contribution in [-0.2, 0) is 0 Å². The van der Waals surface area contributed by atoms with Crippen molar-refractivity contribution >= 4 is 0 Å². The van der Waals surface area contributed by atoms with Gasteiger partial charge in [0.25, 0.3) is 0 Å². The van der Waals surface area contributed by atoms with Gasteiger partial charge in [0.2, 0.25) is 0 Å². The molecule has 0 aliphatic carbocycles. The maximum absolute atomic E-state index is 5.64. The molecule has 3 rings (SSSR count). The molecule has 0 saturated carbocycles. The first kappa shape index (κ1) is 12.4. The fourth-order valence-electron chi connectivity index (χ4n) is 2.27. The fourth-order valence-corrected chi connectivity index (χ4v) is 2.27. The molecule has 0 spiro atoms. The summed E-state index contributed by atoms with van der Waals surface area (Å²) in [5.41, 5.74) is 4.22. The van der Waals surface area contributed by atoms with Gasteiger partial charge in [0.05, 0.1) is 7.11 Å². The standard InChI is InChI=1S/C17H14N2O/c1-20-17-15(13-7-10-18-11-8-13)5-2-6-16(17)14-4-3-9-19-12-14/h2-12H,1H3. The van der Waals surface area contributed by atoms with Gasteiger partial charge in [0.1, 0.15) is 5.75 Å². The van der Waals surface area contributed by atoms with Crippen LogP contribution in [0.25, 0.3) is 22.3 Å². The summed E-state index contributed by atoms with van der Waals surface area (Å²) in [5.74, 6) is 0.853. The van der Waals surface area contributed by atoms with Crippen molar-refractivity contribution in [3.05, 3.63) is 67.3 Å². The highest BCUT2D eigenvalue weighted by atomic mass is 16.5. The number of aromatic nitrogens is 2. The van der Waals surface area contributed by atoms with Gasteiger partial charge in [-0.15, -0.1) is 0 Å². The highest BCUT2D eigenvalue weighted by molar-refractivity contribution is 5.81. The van der Waals surface area contributed by atoms with E-state index in [1.165, 1.54) is 0 Å². The van der Waals surface area contributed by atoms with Crippen molar-refractivity contribution in [3.63, 3.8) is 0 Å². The van der Waals surface area contributed by atoms with E-state index in [1.807, 2.05) is 48.7 Å². The smallest absolute Gasteiger partial charge is 0.134 e. The predicted molar refractivity (Wildman–Crippen MR) is 79.5 cm³/mol. The molecule has 0 aliphatic rings. The van der Waals surface area contributed by atoms with Crippen LogP contribution in [0.3, 0.4) is 0 Å². The van der Waals surface area contributed by atoms with Gasteiger partial charge >= 0.3 is 0 Å². The minimum absolute atomic E-state index is 0.853. The molecule has 1 aromatic carbocycles. The average molecular weight is 262 g/mol. The van der Waals surface area contributed by atoms with Crippen molar-refractivity contribution in [2.24, 2.45) is 0 Å². The number of methoxy groups -OCH3 is 1. The number of ether oxygens (including phenoxy) is 1. The summed E-state index contributed by atoms with van der Waals surface area (Å²) >= 11 is 0. The van der Waals surface area contributed by atoms with E-state index in [4.69, 9.17) is 4.74 Å². The van der Waals surface area contributed by atoms with Crippen LogP contribution >= 0.6 is 0 Å². The zero-order chi connectivity index (χ0) is 13.8. The van der Waals surface area contributed by atoms with E-state index in [0.717, 1.165) is 28.0 Å². The number of nitrogens with zero attached hydrogens (tertiary/aromatic N) is 2. The van der Waals surface area contributed by atoms with Crippen molar-refractivity contribution in [1.82, 2.24) is 9.97 Å². The minimum atomic E-state index is 0.853. The Kier molecular flexibility index (Phi) is 3.42. The third kappa shape index (κ3) is 2.26. The summed E-state index contributed by atoms with van der Waals surface area (Å²) in [6, 6.07) is 14.0. The maximum atomic E-state index is 5.64. The molecule has 98 valence electrons. The Labute approximate surface area is 117 Å². The lowest BCUT2D eigenvalue weighted by molar-refractivity contribution is 0.418. The summed E-state index contributed by atoms with van der Waals surface area (Å²) in [6.07, 6.45) is 7.17. The number of hydrogen-bond acceptors (Lipinski definition) is 3. The zero-order valence-corrected chi connectivity index (χ0v) is 11.2. The average Bonchev–Trinajstić information content (AvgIpc) is 2.55. The van der Waals surface area contributed by atoms with E-state index in [9.17, 15) is 0 Å². The third-order valence-electron chi connectivity index (χ3n) is 3.18. The molecule has 0 unspecified atom stereocenters. The van der Waals surface area contributed by atoms with Crippen molar-refractivity contribution in [2.75, 3.05) is 7.11 Å². The Hall–Kier alpha value is -2.68. The highest BCUT2D eigenvalue weighted by Crippen LogP contribution is 2.38. The van der Waals surface area contributed by atoms with E-state index in [1.54, 1.807) is 25.7 Å². The van der Waals surface area contributed by atoms with Gasteiger partial charge in [-0.05, 0) is 23.8 Å². The molecule has 0 bridgehead atoms. The van der Waals surface area contributed by atoms with E-state index in [-0.39, 0.29) is 0 Å². The molecular weight excluding hydrogens is 248 g/mol. The molecule has 2 aromatic heterocycles. The maximum Gasteiger partial charge on any atom is 0.134 e. The Morgan fingerprint density at radius 1 is 0.750 bits per heavy atom. The van der Waals surface area contributed by atoms with Gasteiger partial charge in [0, 0.05) is 41.5 Å². The van der Waals surface area contributed by atoms with Gasteiger partial charge in [0.15, 0.2) is 0 Å². The number of pyridine rings is 2. The van der Waals surface area contributed by atoms with Gasteiger partial charge in [-0.3, -0.25) is 9.97 Å². The van der Waals surface area contributed by atoms with Crippen LogP contribution < -0.4 is 4.74 Å². The topological polar surface area (TPSA) is 35.0 Å². The lowest BCUT2D eigenvalue weighted by Crippen LogP contribution is -1.92. The molecule has 0 atom stereocenters. The molecular formula is C17H14N2O. The Balaban J connectivity index is 2.19. The molecule has 3 heteroatoms. The Morgan fingerprint density at radius 3 is 2.15 bits per heavy atom. The van der Waals surface area contributed by atoms with Crippen LogP contribution in [0.5, 0.6) is 5.75 Å². The fraction of sp³-hybridized carbons (Fsp3) is 0.0588. The molecule has 20 heavy (non-hydrogen) atoms. The van der Waals surface area contributed by atoms with Crippen LogP contribution in [0.4, 0.5) is 0 Å². The van der Waals surface area contributed by atoms with E-state index >= 15 is 0 Å². The Bertz CT molecular complexity index is 639. The van der Waals surface area contributed by atoms with Crippen molar-refractivity contribution in [2.45, 2.75) is 0 Å². The van der Waals surface area contributed by atoms with Crippen LogP contribution in [0.2, 0.25) is 0 Å². The van der Waals surface area contributed by atoms with Crippen molar-refractivity contribution < 1.29 is 4.74 Å². The second-order valence-electron chi connectivity index (χ2n) is 4.36. The van der Waals surface area contributed by atoms with Gasteiger partial charge < -0.3 is 4.74 Å². The summed E-state index contributed by atoms with van der Waals surface area (Å²) in [6.45, 7) is 0. The zero-order valence-electron chi connectivity index (χ0n) is 11.2. The molecule has 0 saturated heterocycles. The monoisotopic (exact) mass is 262 g/mol. The lowest BCUT2D eigenvalue weighted by atomic mass is 9.99. The number of hydrogen-bond donors (Lipinski definition) is 0. The predicted octanol–water partition coefficient (Wildman–Crippen LogP) is 3.82. The first-order valence-corrected chi connectivity index (χ1v) is 6.38. The van der Waals surface area contributed by atoms with Crippen molar-refractivity contribution in [1.29, 1.82) is 0 Å². The van der Waals surface area contributed by atoms with Crippen molar-refractivity contribution in [3.8, 4) is 28.0 Å². The van der Waals surface area contributed by atoms with Gasteiger partial charge in [-0.2, -0.15) is 0 Å². The van der Waals surface area contributed by atoms with Gasteiger partial charge in [-0.25, -0.2) is 0 Å². The summed E-state index contributed by atoms with van der Waals surface area (Å²) in [4.78, 5) is 8.23. The van der Waals surface area contributed by atoms with Crippen LogP contribution in [-0.4, -0.2) is 17.1 Å². The minimum Gasteiger partial charge on any atom is -0.495 e. The van der Waals surface area contributed by atoms with Crippen LogP contribution in [0.15, 0.2) is 67.3 Å². The first-order chi connectivity index (χ1) is 9.90. The Morgan fingerprint density at radius 2 is 1.50 bits per heavy atom. The van der Waals surface area contributed by atoms with Gasteiger partial charge in [-0.1, -0.05) is 24.3 Å². The van der Waals surface area contributed by atoms with E-state index in [2.05, 4.69) is 9.97 Å². The summed E-state index contributed by atoms with van der Waals surface area (Å²) in [7, 11) is 1.69. The number of benzene rings is 1. The number of rotatable bonds is 3. The molecule has 0 N–H and O–H groups in total. The van der Waals surface area contributed by atoms with E-state index in [0.29, 0.717) is 0 Å². The summed E-state index contributed by atoms with van der Waals surface area (Å²) < 4.78 is 5.64. The largest absolute Gasteiger partial charge is 0.495 e. The second kappa shape index (κ2) is 5.53. The first-order valence-electron chi connectivity index (χ1n) is 6.38. The summed E-state index contributed by atoms with van der Waals surface area (Å²) in [5, 5.41) is 0. The van der Waals surface area contributed by atoms with E-state index < -0.39 is 0 Å². The number of para-hydroxylation sites is 1. The molecule has 0 aliphatic heterocycles. The van der Waals surface area contributed by atoms with Crippen LogP contribution in [0.1, 0.15) is 0 Å². The SMILES string of the molecule is COc1c(-c2ccncc2)cccc1-c1cccnc1. The van der Waals surface area contributed by atoms with Crippen LogP contribution in [0, 0.1) is 0 Å². The third-order valence-corrected chi connectivity index (χ3v) is 3.18. The second-order valence-corrected chi connectivity index (χ2v) is 4.36. The normalized spacial score (nSPS) is 10.2.